The fraction of sp³-hybridized carbons (Fsp3) is 0.333. The maximum Gasteiger partial charge on any atom is 0.125 e. The number of aryl methyl sites for hydroxylation is 1. The summed E-state index contributed by atoms with van der Waals surface area (Å²) in [5.74, 6) is 1.73. The second-order valence-electron chi connectivity index (χ2n) is 4.97. The first-order valence-corrected chi connectivity index (χ1v) is 7.34. The van der Waals surface area contributed by atoms with Gasteiger partial charge < -0.3 is 15.2 Å². The van der Waals surface area contributed by atoms with Gasteiger partial charge in [-0.3, -0.25) is 0 Å². The lowest BCUT2D eigenvalue weighted by Crippen LogP contribution is -2.03. The monoisotopic (exact) mass is 285 g/mol. The van der Waals surface area contributed by atoms with E-state index in [1.165, 1.54) is 11.1 Å². The van der Waals surface area contributed by atoms with Crippen LogP contribution < -0.4 is 15.2 Å². The molecule has 0 fully saturated rings. The highest BCUT2D eigenvalue weighted by atomic mass is 16.5. The lowest BCUT2D eigenvalue weighted by atomic mass is 10.1. The molecule has 112 valence electrons. The predicted octanol–water partition coefficient (Wildman–Crippen LogP) is 3.34. The van der Waals surface area contributed by atoms with Gasteiger partial charge >= 0.3 is 0 Å². The van der Waals surface area contributed by atoms with Crippen molar-refractivity contribution >= 4 is 0 Å². The summed E-state index contributed by atoms with van der Waals surface area (Å²) in [6.07, 6.45) is 1.90. The molecule has 0 bridgehead atoms. The molecule has 21 heavy (non-hydrogen) atoms. The minimum Gasteiger partial charge on any atom is -0.496 e. The predicted molar refractivity (Wildman–Crippen MR) is 85.9 cm³/mol. The lowest BCUT2D eigenvalue weighted by molar-refractivity contribution is 0.296. The third-order valence-corrected chi connectivity index (χ3v) is 3.50. The molecule has 2 N–H and O–H groups in total. The Morgan fingerprint density at radius 2 is 1.71 bits per heavy atom. The molecule has 0 aromatic heterocycles. The van der Waals surface area contributed by atoms with Crippen molar-refractivity contribution in [1.82, 2.24) is 0 Å². The van der Waals surface area contributed by atoms with Crippen molar-refractivity contribution in [3.63, 3.8) is 0 Å². The zero-order valence-electron chi connectivity index (χ0n) is 12.8. The number of nitrogens with two attached hydrogens (primary N) is 1. The Hall–Kier alpha value is -2.00. The molecule has 0 aliphatic carbocycles. The number of benzene rings is 2. The Morgan fingerprint density at radius 3 is 2.33 bits per heavy atom. The second-order valence-corrected chi connectivity index (χ2v) is 4.97. The first kappa shape index (κ1) is 15.4. The van der Waals surface area contributed by atoms with Crippen molar-refractivity contribution in [2.75, 3.05) is 13.7 Å². The summed E-state index contributed by atoms with van der Waals surface area (Å²) >= 11 is 0. The summed E-state index contributed by atoms with van der Waals surface area (Å²) in [6, 6.07) is 14.3. The van der Waals surface area contributed by atoms with Crippen molar-refractivity contribution in [3.05, 3.63) is 59.2 Å². The van der Waals surface area contributed by atoms with Gasteiger partial charge in [0.25, 0.3) is 0 Å². The van der Waals surface area contributed by atoms with E-state index in [9.17, 15) is 0 Å². The van der Waals surface area contributed by atoms with Gasteiger partial charge in [0.2, 0.25) is 0 Å². The minimum absolute atomic E-state index is 0.507. The minimum atomic E-state index is 0.507. The number of rotatable bonds is 7. The molecular weight excluding hydrogens is 262 g/mol. The van der Waals surface area contributed by atoms with Gasteiger partial charge in [0.1, 0.15) is 18.1 Å². The summed E-state index contributed by atoms with van der Waals surface area (Å²) in [5, 5.41) is 0. The Morgan fingerprint density at radius 1 is 1.00 bits per heavy atom. The molecule has 0 amide bonds. The Labute approximate surface area is 126 Å². The molecule has 0 aliphatic rings. The van der Waals surface area contributed by atoms with Crippen LogP contribution in [0.25, 0.3) is 0 Å². The van der Waals surface area contributed by atoms with Gasteiger partial charge in [-0.05, 0) is 54.8 Å². The van der Waals surface area contributed by atoms with Gasteiger partial charge in [0.15, 0.2) is 0 Å². The van der Waals surface area contributed by atoms with Gasteiger partial charge in [-0.15, -0.1) is 0 Å². The molecule has 0 aliphatic heterocycles. The number of methoxy groups -OCH3 is 1. The molecular formula is C18H23NO2. The molecule has 0 saturated heterocycles. The van der Waals surface area contributed by atoms with Gasteiger partial charge in [0, 0.05) is 5.56 Å². The first-order chi connectivity index (χ1) is 10.3. The average molecular weight is 285 g/mol. The van der Waals surface area contributed by atoms with Crippen LogP contribution >= 0.6 is 0 Å². The van der Waals surface area contributed by atoms with E-state index in [1.54, 1.807) is 7.11 Å². The van der Waals surface area contributed by atoms with Gasteiger partial charge in [-0.1, -0.05) is 25.1 Å². The highest BCUT2D eigenvalue weighted by Crippen LogP contribution is 2.22. The number of ether oxygens (including phenoxy) is 2. The largest absolute Gasteiger partial charge is 0.496 e. The molecule has 2 aromatic rings. The number of hydrogen-bond acceptors (Lipinski definition) is 3. The summed E-state index contributed by atoms with van der Waals surface area (Å²) < 4.78 is 11.2. The normalized spacial score (nSPS) is 10.4. The van der Waals surface area contributed by atoms with Crippen LogP contribution in [0.3, 0.4) is 0 Å². The quantitative estimate of drug-likeness (QED) is 0.848. The smallest absolute Gasteiger partial charge is 0.125 e. The van der Waals surface area contributed by atoms with Crippen LogP contribution in [-0.4, -0.2) is 13.7 Å². The maximum absolute atomic E-state index is 5.86. The zero-order valence-corrected chi connectivity index (χ0v) is 12.8. The van der Waals surface area contributed by atoms with Crippen molar-refractivity contribution in [3.8, 4) is 11.5 Å². The van der Waals surface area contributed by atoms with E-state index in [4.69, 9.17) is 15.2 Å². The summed E-state index contributed by atoms with van der Waals surface area (Å²) in [6.45, 7) is 3.32. The average Bonchev–Trinajstić information content (AvgIpc) is 2.54. The number of hydrogen-bond donors (Lipinski definition) is 1. The second kappa shape index (κ2) is 7.70. The molecule has 0 unspecified atom stereocenters. The van der Waals surface area contributed by atoms with Crippen molar-refractivity contribution in [2.24, 2.45) is 5.73 Å². The molecule has 3 nitrogen and oxygen atoms in total. The summed E-state index contributed by atoms with van der Waals surface area (Å²) in [5.41, 5.74) is 9.14. The SMILES string of the molecule is CCc1ccc(OC)c(COc2ccc(CCN)cc2)c1. The third kappa shape index (κ3) is 4.23. The Kier molecular flexibility index (Phi) is 5.64. The van der Waals surface area contributed by atoms with Crippen LogP contribution in [0, 0.1) is 0 Å². The van der Waals surface area contributed by atoms with E-state index in [0.717, 1.165) is 29.9 Å². The van der Waals surface area contributed by atoms with Crippen LogP contribution in [0.5, 0.6) is 11.5 Å². The maximum atomic E-state index is 5.86. The van der Waals surface area contributed by atoms with Gasteiger partial charge in [0.05, 0.1) is 7.11 Å². The summed E-state index contributed by atoms with van der Waals surface area (Å²) in [7, 11) is 1.69. The lowest BCUT2D eigenvalue weighted by Gasteiger charge is -2.12. The Balaban J connectivity index is 2.04. The molecule has 0 atom stereocenters. The van der Waals surface area contributed by atoms with Crippen molar-refractivity contribution in [2.45, 2.75) is 26.4 Å². The van der Waals surface area contributed by atoms with Crippen molar-refractivity contribution < 1.29 is 9.47 Å². The topological polar surface area (TPSA) is 44.5 Å². The van der Waals surface area contributed by atoms with Crippen LogP contribution in [0.15, 0.2) is 42.5 Å². The van der Waals surface area contributed by atoms with Gasteiger partial charge in [-0.25, -0.2) is 0 Å². The van der Waals surface area contributed by atoms with E-state index in [-0.39, 0.29) is 0 Å². The Bertz CT molecular complexity index is 564. The fourth-order valence-corrected chi connectivity index (χ4v) is 2.24. The van der Waals surface area contributed by atoms with Crippen LogP contribution in [0.1, 0.15) is 23.6 Å². The van der Waals surface area contributed by atoms with Gasteiger partial charge in [-0.2, -0.15) is 0 Å². The molecule has 0 saturated carbocycles. The third-order valence-electron chi connectivity index (χ3n) is 3.50. The summed E-state index contributed by atoms with van der Waals surface area (Å²) in [4.78, 5) is 0. The van der Waals surface area contributed by atoms with E-state index >= 15 is 0 Å². The highest BCUT2D eigenvalue weighted by molar-refractivity contribution is 5.37. The standard InChI is InChI=1S/C18H23NO2/c1-3-14-6-9-18(20-2)16(12-14)13-21-17-7-4-15(5-8-17)10-11-19/h4-9,12H,3,10-11,13,19H2,1-2H3. The van der Waals surface area contributed by atoms with E-state index in [2.05, 4.69) is 31.2 Å². The molecule has 2 rings (SSSR count). The van der Waals surface area contributed by atoms with Crippen LogP contribution in [0.2, 0.25) is 0 Å². The zero-order chi connectivity index (χ0) is 15.1. The molecule has 0 radical (unpaired) electrons. The molecule has 0 spiro atoms. The van der Waals surface area contributed by atoms with Crippen LogP contribution in [-0.2, 0) is 19.4 Å². The molecule has 3 heteroatoms. The van der Waals surface area contributed by atoms with E-state index < -0.39 is 0 Å². The fourth-order valence-electron chi connectivity index (χ4n) is 2.24. The van der Waals surface area contributed by atoms with E-state index in [0.29, 0.717) is 13.2 Å². The first-order valence-electron chi connectivity index (χ1n) is 7.34. The highest BCUT2D eigenvalue weighted by Gasteiger charge is 2.05. The molecule has 2 aromatic carbocycles. The van der Waals surface area contributed by atoms with Crippen LogP contribution in [0.4, 0.5) is 0 Å². The van der Waals surface area contributed by atoms with Crippen molar-refractivity contribution in [1.29, 1.82) is 0 Å². The van der Waals surface area contributed by atoms with E-state index in [1.807, 2.05) is 18.2 Å². The molecule has 0 heterocycles.